The van der Waals surface area contributed by atoms with Crippen molar-refractivity contribution in [1.82, 2.24) is 0 Å². The summed E-state index contributed by atoms with van der Waals surface area (Å²) in [6.07, 6.45) is -6.01. The van der Waals surface area contributed by atoms with Crippen molar-refractivity contribution < 1.29 is 26.7 Å². The number of aromatic hydroxyl groups is 1. The van der Waals surface area contributed by atoms with Gasteiger partial charge in [0.2, 0.25) is 10.0 Å². The van der Waals surface area contributed by atoms with E-state index in [1.54, 1.807) is 0 Å². The Balaban J connectivity index is 2.67. The maximum absolute atomic E-state index is 11.9. The van der Waals surface area contributed by atoms with Gasteiger partial charge in [-0.25, -0.2) is 8.42 Å². The fourth-order valence-corrected chi connectivity index (χ4v) is 2.60. The molecule has 0 spiro atoms. The second-order valence-electron chi connectivity index (χ2n) is 4.09. The molecule has 1 aromatic carbocycles. The van der Waals surface area contributed by atoms with Gasteiger partial charge in [-0.15, -0.1) is 0 Å². The molecule has 0 radical (unpaired) electrons. The standard InChI is InChI=1S/C11H14F3NO3S/c1-8-9(4-2-5-10(8)16)15-19(17,18)7-3-6-11(12,13)14/h2,4-5,15-16H,3,6-7H2,1H3. The summed E-state index contributed by atoms with van der Waals surface area (Å²) in [6, 6.07) is 4.25. The molecule has 0 bridgehead atoms. The SMILES string of the molecule is Cc1c(O)cccc1NS(=O)(=O)CCCC(F)(F)F. The van der Waals surface area contributed by atoms with E-state index < -0.39 is 34.8 Å². The number of alkyl halides is 3. The number of nitrogens with one attached hydrogen (secondary N) is 1. The zero-order valence-electron chi connectivity index (χ0n) is 10.2. The van der Waals surface area contributed by atoms with Crippen LogP contribution in [0, 0.1) is 6.92 Å². The van der Waals surface area contributed by atoms with Gasteiger partial charge in [0.1, 0.15) is 5.75 Å². The van der Waals surface area contributed by atoms with Gasteiger partial charge < -0.3 is 5.11 Å². The summed E-state index contributed by atoms with van der Waals surface area (Å²) in [5.41, 5.74) is 0.480. The van der Waals surface area contributed by atoms with Crippen LogP contribution in [0.2, 0.25) is 0 Å². The van der Waals surface area contributed by atoms with E-state index in [2.05, 4.69) is 4.72 Å². The molecule has 0 aromatic heterocycles. The van der Waals surface area contributed by atoms with Gasteiger partial charge in [-0.3, -0.25) is 4.72 Å². The van der Waals surface area contributed by atoms with Crippen molar-refractivity contribution in [2.24, 2.45) is 0 Å². The number of rotatable bonds is 5. The molecule has 0 saturated carbocycles. The van der Waals surface area contributed by atoms with Gasteiger partial charge in [-0.2, -0.15) is 13.2 Å². The normalized spacial score (nSPS) is 12.4. The van der Waals surface area contributed by atoms with Crippen molar-refractivity contribution in [2.75, 3.05) is 10.5 Å². The van der Waals surface area contributed by atoms with E-state index in [-0.39, 0.29) is 11.4 Å². The van der Waals surface area contributed by atoms with Gasteiger partial charge >= 0.3 is 6.18 Å². The van der Waals surface area contributed by atoms with Gasteiger partial charge in [0, 0.05) is 12.0 Å². The van der Waals surface area contributed by atoms with Gasteiger partial charge in [0.15, 0.2) is 0 Å². The lowest BCUT2D eigenvalue weighted by molar-refractivity contribution is -0.134. The molecule has 0 aliphatic heterocycles. The van der Waals surface area contributed by atoms with Gasteiger partial charge in [0.25, 0.3) is 0 Å². The Morgan fingerprint density at radius 2 is 1.95 bits per heavy atom. The van der Waals surface area contributed by atoms with Crippen molar-refractivity contribution in [3.05, 3.63) is 23.8 Å². The fourth-order valence-electron chi connectivity index (χ4n) is 1.42. The number of phenols is 1. The van der Waals surface area contributed by atoms with Gasteiger partial charge in [-0.05, 0) is 25.5 Å². The molecule has 2 N–H and O–H groups in total. The number of sulfonamides is 1. The van der Waals surface area contributed by atoms with Crippen LogP contribution in [0.15, 0.2) is 18.2 Å². The Morgan fingerprint density at radius 1 is 1.32 bits per heavy atom. The van der Waals surface area contributed by atoms with E-state index in [0.29, 0.717) is 5.56 Å². The summed E-state index contributed by atoms with van der Waals surface area (Å²) in [6.45, 7) is 1.50. The zero-order valence-corrected chi connectivity index (χ0v) is 11.0. The summed E-state index contributed by atoms with van der Waals surface area (Å²) >= 11 is 0. The van der Waals surface area contributed by atoms with Crippen LogP contribution in [-0.2, 0) is 10.0 Å². The van der Waals surface area contributed by atoms with E-state index in [1.807, 2.05) is 0 Å². The van der Waals surface area contributed by atoms with Crippen molar-refractivity contribution in [2.45, 2.75) is 25.9 Å². The number of hydrogen-bond acceptors (Lipinski definition) is 3. The van der Waals surface area contributed by atoms with Crippen molar-refractivity contribution in [1.29, 1.82) is 0 Å². The summed E-state index contributed by atoms with van der Waals surface area (Å²) in [5, 5.41) is 9.40. The number of anilines is 1. The lowest BCUT2D eigenvalue weighted by atomic mass is 10.2. The highest BCUT2D eigenvalue weighted by molar-refractivity contribution is 7.92. The highest BCUT2D eigenvalue weighted by Gasteiger charge is 2.27. The third-order valence-electron chi connectivity index (χ3n) is 2.44. The molecule has 0 heterocycles. The number of benzene rings is 1. The smallest absolute Gasteiger partial charge is 0.389 e. The highest BCUT2D eigenvalue weighted by atomic mass is 32.2. The Kier molecular flexibility index (Phi) is 4.67. The van der Waals surface area contributed by atoms with Crippen molar-refractivity contribution in [3.8, 4) is 5.75 Å². The third kappa shape index (κ3) is 5.37. The summed E-state index contributed by atoms with van der Waals surface area (Å²) in [7, 11) is -3.86. The van der Waals surface area contributed by atoms with E-state index in [1.165, 1.54) is 25.1 Å². The number of halogens is 3. The van der Waals surface area contributed by atoms with Crippen LogP contribution >= 0.6 is 0 Å². The first kappa shape index (κ1) is 15.6. The van der Waals surface area contributed by atoms with Crippen LogP contribution in [0.1, 0.15) is 18.4 Å². The largest absolute Gasteiger partial charge is 0.508 e. The Bertz CT molecular complexity index is 541. The first-order valence-corrected chi connectivity index (χ1v) is 7.12. The number of hydrogen-bond donors (Lipinski definition) is 2. The average Bonchev–Trinajstić information content (AvgIpc) is 2.22. The van der Waals surface area contributed by atoms with Crippen LogP contribution in [0.5, 0.6) is 5.75 Å². The Morgan fingerprint density at radius 3 is 2.53 bits per heavy atom. The molecular weight excluding hydrogens is 283 g/mol. The summed E-state index contributed by atoms with van der Waals surface area (Å²) in [4.78, 5) is 0. The lowest BCUT2D eigenvalue weighted by Gasteiger charge is -2.11. The van der Waals surface area contributed by atoms with Gasteiger partial charge in [0.05, 0.1) is 11.4 Å². The maximum Gasteiger partial charge on any atom is 0.389 e. The molecule has 0 saturated heterocycles. The monoisotopic (exact) mass is 297 g/mol. The Hall–Kier alpha value is -1.44. The predicted molar refractivity (Wildman–Crippen MR) is 65.5 cm³/mol. The topological polar surface area (TPSA) is 66.4 Å². The van der Waals surface area contributed by atoms with E-state index >= 15 is 0 Å². The van der Waals surface area contributed by atoms with Crippen LogP contribution < -0.4 is 4.72 Å². The second kappa shape index (κ2) is 5.68. The molecule has 0 unspecified atom stereocenters. The van der Waals surface area contributed by atoms with Crippen LogP contribution in [0.25, 0.3) is 0 Å². The summed E-state index contributed by atoms with van der Waals surface area (Å²) < 4.78 is 61.1. The fraction of sp³-hybridized carbons (Fsp3) is 0.455. The van der Waals surface area contributed by atoms with Gasteiger partial charge in [-0.1, -0.05) is 6.07 Å². The third-order valence-corrected chi connectivity index (χ3v) is 3.80. The molecular formula is C11H14F3NO3S. The molecule has 108 valence electrons. The molecule has 0 fully saturated rings. The first-order chi connectivity index (χ1) is 8.61. The lowest BCUT2D eigenvalue weighted by Crippen LogP contribution is -2.19. The molecule has 0 aliphatic rings. The van der Waals surface area contributed by atoms with E-state index in [0.717, 1.165) is 0 Å². The molecule has 1 rings (SSSR count). The maximum atomic E-state index is 11.9. The zero-order chi connectivity index (χ0) is 14.7. The molecule has 0 amide bonds. The minimum absolute atomic E-state index is 0.0875. The summed E-state index contributed by atoms with van der Waals surface area (Å²) in [5.74, 6) is -0.711. The molecule has 8 heteroatoms. The van der Waals surface area contributed by atoms with E-state index in [9.17, 15) is 26.7 Å². The molecule has 19 heavy (non-hydrogen) atoms. The quantitative estimate of drug-likeness (QED) is 0.878. The van der Waals surface area contributed by atoms with Crippen LogP contribution in [0.3, 0.4) is 0 Å². The van der Waals surface area contributed by atoms with Crippen LogP contribution in [0.4, 0.5) is 18.9 Å². The molecule has 0 aliphatic carbocycles. The second-order valence-corrected chi connectivity index (χ2v) is 5.93. The predicted octanol–water partition coefficient (Wildman–Crippen LogP) is 2.78. The minimum Gasteiger partial charge on any atom is -0.508 e. The minimum atomic E-state index is -4.36. The van der Waals surface area contributed by atoms with Crippen molar-refractivity contribution >= 4 is 15.7 Å². The molecule has 0 atom stereocenters. The Labute approximate surface area is 109 Å². The molecule has 4 nitrogen and oxygen atoms in total. The van der Waals surface area contributed by atoms with Crippen molar-refractivity contribution in [3.63, 3.8) is 0 Å². The number of phenolic OH excluding ortho intramolecular Hbond substituents is 1. The van der Waals surface area contributed by atoms with E-state index in [4.69, 9.17) is 0 Å². The average molecular weight is 297 g/mol. The van der Waals surface area contributed by atoms with Crippen LogP contribution in [-0.4, -0.2) is 25.5 Å². The first-order valence-electron chi connectivity index (χ1n) is 5.46. The highest BCUT2D eigenvalue weighted by Crippen LogP contribution is 2.25. The molecule has 1 aromatic rings.